The van der Waals surface area contributed by atoms with Gasteiger partial charge in [0.25, 0.3) is 0 Å². The van der Waals surface area contributed by atoms with Crippen LogP contribution in [0.1, 0.15) is 35.9 Å². The van der Waals surface area contributed by atoms with E-state index in [0.717, 1.165) is 33.9 Å². The van der Waals surface area contributed by atoms with E-state index in [-0.39, 0.29) is 28.9 Å². The van der Waals surface area contributed by atoms with Crippen molar-refractivity contribution in [2.75, 3.05) is 32.0 Å². The minimum Gasteiger partial charge on any atom is -0.502 e. The van der Waals surface area contributed by atoms with E-state index in [1.54, 1.807) is 19.2 Å². The second-order valence-corrected chi connectivity index (χ2v) is 8.68. The number of hydrogen-bond donors (Lipinski definition) is 3. The lowest BCUT2D eigenvalue weighted by Crippen LogP contribution is -2.27. The molecule has 2 aliphatic rings. The number of methoxy groups -OCH3 is 3. The van der Waals surface area contributed by atoms with E-state index >= 15 is 0 Å². The van der Waals surface area contributed by atoms with E-state index in [4.69, 9.17) is 14.2 Å². The molecule has 3 N–H and O–H groups in total. The molecule has 0 bridgehead atoms. The fourth-order valence-corrected chi connectivity index (χ4v) is 5.05. The molecular weight excluding hydrogens is 444 g/mol. The number of Topliss-reactive ketones (excluding diaryl/α,β-unsaturated/α-hetero) is 1. The molecule has 3 aromatic rings. The van der Waals surface area contributed by atoms with Crippen LogP contribution in [-0.2, 0) is 4.79 Å². The van der Waals surface area contributed by atoms with Crippen molar-refractivity contribution in [3.63, 3.8) is 0 Å². The Hall–Kier alpha value is -4.13. The normalized spacial score (nSPS) is 19.0. The molecule has 0 amide bonds. The highest BCUT2D eigenvalue weighted by Crippen LogP contribution is 2.47. The van der Waals surface area contributed by atoms with Gasteiger partial charge < -0.3 is 30.0 Å². The highest BCUT2D eigenvalue weighted by molar-refractivity contribution is 6.01. The molecule has 2 unspecified atom stereocenters. The number of hydrogen-bond acceptors (Lipinski definition) is 7. The topological polar surface area (TPSA) is 89.1 Å². The van der Waals surface area contributed by atoms with Crippen LogP contribution in [0.3, 0.4) is 0 Å². The van der Waals surface area contributed by atoms with Gasteiger partial charge in [0.05, 0.1) is 38.7 Å². The van der Waals surface area contributed by atoms with Crippen molar-refractivity contribution in [2.24, 2.45) is 0 Å². The third kappa shape index (κ3) is 4.03. The van der Waals surface area contributed by atoms with Gasteiger partial charge >= 0.3 is 0 Å². The summed E-state index contributed by atoms with van der Waals surface area (Å²) in [4.78, 5) is 13.8. The molecule has 0 spiro atoms. The SMILES string of the molecule is COc1ccccc1C1CC(=O)C2=C(C1)Nc1ccccc1NC2c1cc(OC)c(O)c(OC)c1. The number of phenols is 1. The molecule has 35 heavy (non-hydrogen) atoms. The van der Waals surface area contributed by atoms with Crippen molar-refractivity contribution >= 4 is 17.2 Å². The van der Waals surface area contributed by atoms with Crippen LogP contribution in [0.25, 0.3) is 0 Å². The van der Waals surface area contributed by atoms with Crippen molar-refractivity contribution in [2.45, 2.75) is 24.8 Å². The smallest absolute Gasteiger partial charge is 0.200 e. The minimum absolute atomic E-state index is 0.0142. The van der Waals surface area contributed by atoms with E-state index in [9.17, 15) is 9.90 Å². The molecule has 1 aliphatic carbocycles. The fourth-order valence-electron chi connectivity index (χ4n) is 5.05. The Balaban J connectivity index is 1.65. The Morgan fingerprint density at radius 3 is 2.14 bits per heavy atom. The molecule has 7 heteroatoms. The first kappa shape index (κ1) is 22.7. The quantitative estimate of drug-likeness (QED) is 0.458. The lowest BCUT2D eigenvalue weighted by molar-refractivity contribution is -0.116. The van der Waals surface area contributed by atoms with Crippen molar-refractivity contribution in [3.8, 4) is 23.0 Å². The number of carbonyl (C=O) groups is 1. The first-order valence-electron chi connectivity index (χ1n) is 11.5. The maximum absolute atomic E-state index is 13.8. The number of allylic oxidation sites excluding steroid dienone is 1. The number of ether oxygens (including phenoxy) is 3. The third-order valence-electron chi connectivity index (χ3n) is 6.72. The summed E-state index contributed by atoms with van der Waals surface area (Å²) in [6.07, 6.45) is 1.02. The van der Waals surface area contributed by atoms with Crippen LogP contribution in [0, 0.1) is 0 Å². The summed E-state index contributed by atoms with van der Waals surface area (Å²) in [5.74, 6) is 1.30. The van der Waals surface area contributed by atoms with Crippen molar-refractivity contribution in [1.29, 1.82) is 0 Å². The number of anilines is 2. The zero-order valence-electron chi connectivity index (χ0n) is 19.9. The molecular formula is C28H28N2O5. The Morgan fingerprint density at radius 2 is 1.46 bits per heavy atom. The third-order valence-corrected chi connectivity index (χ3v) is 6.72. The number of carbonyl (C=O) groups excluding carboxylic acids is 1. The summed E-state index contributed by atoms with van der Waals surface area (Å²) < 4.78 is 16.4. The molecule has 0 saturated carbocycles. The summed E-state index contributed by atoms with van der Waals surface area (Å²) >= 11 is 0. The second-order valence-electron chi connectivity index (χ2n) is 8.68. The Bertz CT molecular complexity index is 1290. The van der Waals surface area contributed by atoms with Crippen LogP contribution in [0.4, 0.5) is 11.4 Å². The molecule has 0 saturated heterocycles. The lowest BCUT2D eigenvalue weighted by atomic mass is 9.78. The van der Waals surface area contributed by atoms with Gasteiger partial charge in [0, 0.05) is 23.6 Å². The molecule has 0 radical (unpaired) electrons. The van der Waals surface area contributed by atoms with E-state index in [1.807, 2.05) is 48.5 Å². The predicted octanol–water partition coefficient (Wildman–Crippen LogP) is 5.40. The summed E-state index contributed by atoms with van der Waals surface area (Å²) in [5, 5.41) is 17.5. The van der Waals surface area contributed by atoms with Crippen LogP contribution in [0.15, 0.2) is 71.9 Å². The van der Waals surface area contributed by atoms with Gasteiger partial charge in [0.2, 0.25) is 5.75 Å². The van der Waals surface area contributed by atoms with Gasteiger partial charge in [-0.15, -0.1) is 0 Å². The van der Waals surface area contributed by atoms with Gasteiger partial charge in [-0.25, -0.2) is 0 Å². The van der Waals surface area contributed by atoms with Gasteiger partial charge in [-0.3, -0.25) is 4.79 Å². The molecule has 2 atom stereocenters. The predicted molar refractivity (Wildman–Crippen MR) is 135 cm³/mol. The second kappa shape index (κ2) is 9.25. The molecule has 0 aromatic heterocycles. The number of para-hydroxylation sites is 3. The van der Waals surface area contributed by atoms with Gasteiger partial charge in [-0.05, 0) is 47.9 Å². The van der Waals surface area contributed by atoms with Gasteiger partial charge in [-0.1, -0.05) is 30.3 Å². The fraction of sp³-hybridized carbons (Fsp3) is 0.250. The van der Waals surface area contributed by atoms with Crippen molar-refractivity contribution < 1.29 is 24.1 Å². The van der Waals surface area contributed by atoms with Crippen LogP contribution >= 0.6 is 0 Å². The minimum atomic E-state index is -0.462. The first-order valence-corrected chi connectivity index (χ1v) is 11.5. The number of rotatable bonds is 5. The molecule has 7 nitrogen and oxygen atoms in total. The largest absolute Gasteiger partial charge is 0.502 e. The maximum atomic E-state index is 13.8. The van der Waals surface area contributed by atoms with E-state index in [2.05, 4.69) is 10.6 Å². The molecule has 180 valence electrons. The van der Waals surface area contributed by atoms with Crippen LogP contribution in [0.5, 0.6) is 23.0 Å². The molecule has 1 heterocycles. The van der Waals surface area contributed by atoms with Gasteiger partial charge in [0.1, 0.15) is 5.75 Å². The summed E-state index contributed by atoms with van der Waals surface area (Å²) in [6.45, 7) is 0. The molecule has 0 fully saturated rings. The van der Waals surface area contributed by atoms with Crippen molar-refractivity contribution in [1.82, 2.24) is 0 Å². The van der Waals surface area contributed by atoms with E-state index in [1.165, 1.54) is 14.2 Å². The maximum Gasteiger partial charge on any atom is 0.200 e. The Labute approximate surface area is 204 Å². The highest BCUT2D eigenvalue weighted by atomic mass is 16.5. The van der Waals surface area contributed by atoms with Crippen LogP contribution < -0.4 is 24.8 Å². The summed E-state index contributed by atoms with van der Waals surface area (Å²) in [6, 6.07) is 18.8. The van der Waals surface area contributed by atoms with Gasteiger partial charge in [-0.2, -0.15) is 0 Å². The number of aromatic hydroxyl groups is 1. The molecule has 1 aliphatic heterocycles. The van der Waals surface area contributed by atoms with Crippen molar-refractivity contribution in [3.05, 3.63) is 83.1 Å². The summed E-state index contributed by atoms with van der Waals surface area (Å²) in [5.41, 5.74) is 5.08. The highest BCUT2D eigenvalue weighted by Gasteiger charge is 2.37. The number of nitrogens with one attached hydrogen (secondary N) is 2. The average Bonchev–Trinajstić information content (AvgIpc) is 3.05. The number of phenolic OH excluding ortho intramolecular Hbond substituents is 1. The number of benzene rings is 3. The Kier molecular flexibility index (Phi) is 5.99. The van der Waals surface area contributed by atoms with Crippen LogP contribution in [0.2, 0.25) is 0 Å². The average molecular weight is 473 g/mol. The number of ketones is 1. The first-order chi connectivity index (χ1) is 17.0. The number of fused-ring (bicyclic) bond motifs is 1. The monoisotopic (exact) mass is 472 g/mol. The van der Waals surface area contributed by atoms with Crippen LogP contribution in [-0.4, -0.2) is 32.2 Å². The zero-order valence-corrected chi connectivity index (χ0v) is 19.9. The standard InChI is InChI=1S/C28H28N2O5/c1-33-23-11-7-4-8-18(23)16-12-21-26(22(31)13-16)27(30-20-10-6-5-9-19(20)29-21)17-14-24(34-2)28(32)25(15-17)35-3/h4-11,14-16,27,29-30,32H,12-13H2,1-3H3. The van der Waals surface area contributed by atoms with E-state index < -0.39 is 6.04 Å². The summed E-state index contributed by atoms with van der Waals surface area (Å²) in [7, 11) is 4.63. The van der Waals surface area contributed by atoms with Gasteiger partial charge in [0.15, 0.2) is 17.3 Å². The molecule has 3 aromatic carbocycles. The molecule has 5 rings (SSSR count). The lowest BCUT2D eigenvalue weighted by Gasteiger charge is -2.30. The Morgan fingerprint density at radius 1 is 0.829 bits per heavy atom. The van der Waals surface area contributed by atoms with E-state index in [0.29, 0.717) is 18.4 Å². The zero-order chi connectivity index (χ0) is 24.5.